The van der Waals surface area contributed by atoms with Gasteiger partial charge in [-0.2, -0.15) is 5.10 Å². The normalized spacial score (nSPS) is 15.3. The number of likely N-dealkylation sites (tertiary alicyclic amines) is 2. The number of amides is 5. The van der Waals surface area contributed by atoms with Gasteiger partial charge in [-0.15, -0.1) is 12.4 Å². The zero-order valence-electron chi connectivity index (χ0n) is 42.0. The number of nitrogens with two attached hydrogens (primary N) is 4. The number of phenolic OH excluding ortho intramolecular Hbond substituents is 2. The second-order valence-corrected chi connectivity index (χ2v) is 17.6. The topological polar surface area (TPSA) is 355 Å². The number of H-pyrrole nitrogens is 2. The Morgan fingerprint density at radius 1 is 0.838 bits per heavy atom. The van der Waals surface area contributed by atoms with Crippen molar-refractivity contribution in [3.63, 3.8) is 0 Å². The molecule has 22 heteroatoms. The van der Waals surface area contributed by atoms with E-state index in [0.29, 0.717) is 51.9 Å². The molecule has 0 aliphatic carbocycles. The summed E-state index contributed by atoms with van der Waals surface area (Å²) in [6.45, 7) is 9.21. The van der Waals surface area contributed by atoms with E-state index in [9.17, 15) is 39.0 Å². The maximum Gasteiger partial charge on any atom is 0.257 e. The number of hydrogen-bond donors (Lipinski definition) is 11. The Balaban J connectivity index is 0.000000336. The lowest BCUT2D eigenvalue weighted by atomic mass is 10.1. The van der Waals surface area contributed by atoms with Crippen molar-refractivity contribution in [3.8, 4) is 22.8 Å². The number of aromatic amines is 2. The standard InChI is InChI=1S/C14H19N3O3.C13H17N3O2.C12H21N3O3.C12H15N3O.CH4.ClH/c1-2-11(15)13(19)16-9-7-17(8-9)14(20)10-5-3-4-6-12(10)18;1-9(8-17)13(18)14-7-6-12-10-4-2-3-5-11(10)15-16-12;1-2-8(13)10(16)5-6-11(17)15-7-3-4-9(15)12(14)18;1-2-9(13)12-14-7-10(15-12)8-5-3-4-6-11(8)16;;/h3-6,9,11,18H,2,7-8,15H2,1H3,(H,16,19);2-5,9,17H,6-8H2,1H3,(H,14,18)(H,15,16);8-9H,2-7,13H2,1H3,(H2,14,18);3-7,9,16H,2,13H2,1H3,(H,14,15);1H4;1H/t11-;9-;8-,9?;9-;;/m0000../s1. The number of halogens is 1. The average molecular weight is 1050 g/mol. The summed E-state index contributed by atoms with van der Waals surface area (Å²) in [6.07, 6.45) is 6.01. The van der Waals surface area contributed by atoms with Gasteiger partial charge >= 0.3 is 0 Å². The van der Waals surface area contributed by atoms with E-state index >= 15 is 0 Å². The number of para-hydroxylation sites is 3. The van der Waals surface area contributed by atoms with E-state index in [0.717, 1.165) is 46.5 Å². The smallest absolute Gasteiger partial charge is 0.257 e. The number of carbonyl (C=O) groups excluding carboxylic acids is 6. The largest absolute Gasteiger partial charge is 0.507 e. The van der Waals surface area contributed by atoms with Crippen LogP contribution in [0, 0.1) is 5.92 Å². The predicted molar refractivity (Wildman–Crippen MR) is 287 cm³/mol. The Hall–Kier alpha value is -6.91. The number of phenols is 2. The number of Topliss-reactive ketones (excluding diaryl/α,β-unsaturated/α-hetero) is 1. The Morgan fingerprint density at radius 3 is 2.09 bits per heavy atom. The molecule has 2 aliphatic heterocycles. The third-order valence-corrected chi connectivity index (χ3v) is 12.3. The Morgan fingerprint density at radius 2 is 1.47 bits per heavy atom. The van der Waals surface area contributed by atoms with Gasteiger partial charge in [-0.3, -0.25) is 33.9 Å². The number of benzene rings is 3. The van der Waals surface area contributed by atoms with E-state index in [-0.39, 0.29) is 104 Å². The summed E-state index contributed by atoms with van der Waals surface area (Å²) < 4.78 is 0. The highest BCUT2D eigenvalue weighted by molar-refractivity contribution is 5.97. The second-order valence-electron chi connectivity index (χ2n) is 17.6. The Labute approximate surface area is 439 Å². The van der Waals surface area contributed by atoms with Crippen LogP contribution in [0.25, 0.3) is 22.2 Å². The minimum atomic E-state index is -0.507. The van der Waals surface area contributed by atoms with Crippen LogP contribution in [-0.2, 0) is 30.4 Å². The minimum Gasteiger partial charge on any atom is -0.507 e. The van der Waals surface area contributed by atoms with Crippen molar-refractivity contribution in [1.82, 2.24) is 40.6 Å². The summed E-state index contributed by atoms with van der Waals surface area (Å²) in [5, 5.41) is 42.0. The van der Waals surface area contributed by atoms with E-state index in [1.807, 2.05) is 57.2 Å². The van der Waals surface area contributed by atoms with Gasteiger partial charge < -0.3 is 63.7 Å². The maximum absolute atomic E-state index is 12.1. The molecule has 5 aromatic rings. The molecule has 15 N–H and O–H groups in total. The molecule has 0 saturated carbocycles. The van der Waals surface area contributed by atoms with Gasteiger partial charge in [-0.05, 0) is 62.4 Å². The highest BCUT2D eigenvalue weighted by atomic mass is 35.5. The fourth-order valence-electron chi connectivity index (χ4n) is 7.53. The van der Waals surface area contributed by atoms with Crippen molar-refractivity contribution in [1.29, 1.82) is 0 Å². The fraction of sp³-hybridized carbons (Fsp3) is 0.462. The number of primary amides is 1. The van der Waals surface area contributed by atoms with Gasteiger partial charge in [0.15, 0.2) is 0 Å². The molecule has 4 heterocycles. The van der Waals surface area contributed by atoms with Crippen LogP contribution in [0.3, 0.4) is 0 Å². The molecule has 2 fully saturated rings. The molecular weight excluding hydrogens is 972 g/mol. The lowest BCUT2D eigenvalue weighted by Crippen LogP contribution is -2.62. The van der Waals surface area contributed by atoms with Crippen LogP contribution < -0.4 is 33.6 Å². The first-order chi connectivity index (χ1) is 34.4. The Kier molecular flexibility index (Phi) is 27.0. The van der Waals surface area contributed by atoms with Crippen LogP contribution in [0.1, 0.15) is 108 Å². The molecule has 5 amide bonds. The number of aliphatic hydroxyl groups excluding tert-OH is 1. The van der Waals surface area contributed by atoms with Gasteiger partial charge in [-0.25, -0.2) is 4.98 Å². The van der Waals surface area contributed by atoms with Crippen LogP contribution in [0.15, 0.2) is 79.0 Å². The number of nitrogens with zero attached hydrogens (tertiary/aromatic N) is 4. The quantitative estimate of drug-likeness (QED) is 0.0596. The van der Waals surface area contributed by atoms with Gasteiger partial charge in [-0.1, -0.05) is 77.6 Å². The third kappa shape index (κ3) is 18.2. The van der Waals surface area contributed by atoms with Crippen molar-refractivity contribution >= 4 is 58.6 Å². The molecule has 0 radical (unpaired) electrons. The van der Waals surface area contributed by atoms with Gasteiger partial charge in [0.05, 0.1) is 59.7 Å². The van der Waals surface area contributed by atoms with Crippen molar-refractivity contribution in [2.24, 2.45) is 28.9 Å². The first-order valence-electron chi connectivity index (χ1n) is 24.3. The summed E-state index contributed by atoms with van der Waals surface area (Å²) in [7, 11) is 0. The number of rotatable bonds is 18. The van der Waals surface area contributed by atoms with Crippen LogP contribution in [0.2, 0.25) is 0 Å². The van der Waals surface area contributed by atoms with Crippen molar-refractivity contribution in [2.45, 2.75) is 117 Å². The first kappa shape index (κ1) is 63.2. The molecule has 5 atom stereocenters. The van der Waals surface area contributed by atoms with Crippen LogP contribution >= 0.6 is 12.4 Å². The number of aromatic nitrogens is 4. The summed E-state index contributed by atoms with van der Waals surface area (Å²) in [4.78, 5) is 80.1. The molecule has 0 spiro atoms. The number of aliphatic hydroxyl groups is 1. The zero-order chi connectivity index (χ0) is 52.9. The monoisotopic (exact) mass is 1050 g/mol. The van der Waals surface area contributed by atoms with Crippen LogP contribution in [0.5, 0.6) is 11.5 Å². The minimum absolute atomic E-state index is 0. The van der Waals surface area contributed by atoms with Gasteiger partial charge in [0, 0.05) is 62.1 Å². The van der Waals surface area contributed by atoms with E-state index in [2.05, 4.69) is 30.8 Å². The van der Waals surface area contributed by atoms with Gasteiger partial charge in [0.25, 0.3) is 5.91 Å². The van der Waals surface area contributed by atoms with Crippen molar-refractivity contribution < 1.29 is 44.1 Å². The third-order valence-electron chi connectivity index (χ3n) is 12.3. The van der Waals surface area contributed by atoms with Crippen LogP contribution in [-0.4, -0.2) is 138 Å². The van der Waals surface area contributed by atoms with E-state index in [1.165, 1.54) is 11.0 Å². The number of nitrogens with one attached hydrogen (secondary N) is 4. The summed E-state index contributed by atoms with van der Waals surface area (Å²) >= 11 is 0. The summed E-state index contributed by atoms with van der Waals surface area (Å²) in [5.41, 5.74) is 26.1. The molecule has 7 rings (SSSR count). The number of hydrogen-bond acceptors (Lipinski definition) is 14. The van der Waals surface area contributed by atoms with Crippen molar-refractivity contribution in [3.05, 3.63) is 96.1 Å². The van der Waals surface area contributed by atoms with Gasteiger partial charge in [0.1, 0.15) is 29.1 Å². The molecule has 3 aromatic carbocycles. The average Bonchev–Trinajstić information content (AvgIpc) is 4.18. The SMILES string of the molecule is C.CC[C@H](N)C(=O)CCC(=O)N1CCCC1C(N)=O.CC[C@H](N)C(=O)NC1CN(C(=O)c2ccccc2O)C1.CC[C@H](N)c1ncc(-c2ccccc2O)[nH]1.C[C@@H](CO)C(=O)NCCc1[nH]nc2ccccc12.Cl. The lowest BCUT2D eigenvalue weighted by Gasteiger charge is -2.40. The fourth-order valence-corrected chi connectivity index (χ4v) is 7.53. The van der Waals surface area contributed by atoms with E-state index < -0.39 is 24.0 Å². The number of fused-ring (bicyclic) bond motifs is 1. The first-order valence-corrected chi connectivity index (χ1v) is 24.3. The number of carbonyl (C=O) groups is 6. The maximum atomic E-state index is 12.1. The Bertz CT molecular complexity index is 2570. The van der Waals surface area contributed by atoms with E-state index in [4.69, 9.17) is 28.0 Å². The summed E-state index contributed by atoms with van der Waals surface area (Å²) in [5.74, 6) is -0.710. The van der Waals surface area contributed by atoms with Crippen molar-refractivity contribution in [2.75, 3.05) is 32.8 Å². The molecule has 2 saturated heterocycles. The molecule has 0 bridgehead atoms. The number of aromatic hydroxyl groups is 2. The molecule has 406 valence electrons. The highest BCUT2D eigenvalue weighted by Crippen LogP contribution is 2.28. The molecule has 1 unspecified atom stereocenters. The number of ketones is 1. The molecular formula is C52H77ClN12O9. The lowest BCUT2D eigenvalue weighted by molar-refractivity contribution is -0.138. The second kappa shape index (κ2) is 31.6. The predicted octanol–water partition coefficient (Wildman–Crippen LogP) is 3.72. The van der Waals surface area contributed by atoms with E-state index in [1.54, 1.807) is 48.4 Å². The zero-order valence-corrected chi connectivity index (χ0v) is 42.8. The summed E-state index contributed by atoms with van der Waals surface area (Å²) in [6, 6.07) is 19.8. The molecule has 2 aromatic heterocycles. The molecule has 21 nitrogen and oxygen atoms in total. The number of imidazole rings is 1. The molecule has 2 aliphatic rings. The van der Waals surface area contributed by atoms with Crippen LogP contribution in [0.4, 0.5) is 0 Å². The molecule has 74 heavy (non-hydrogen) atoms. The van der Waals surface area contributed by atoms with Gasteiger partial charge in [0.2, 0.25) is 23.6 Å². The highest BCUT2D eigenvalue weighted by Gasteiger charge is 2.34.